The van der Waals surface area contributed by atoms with Crippen LogP contribution >= 0.6 is 0 Å². The highest BCUT2D eigenvalue weighted by atomic mass is 16.6. The zero-order valence-corrected chi connectivity index (χ0v) is 19.7. The van der Waals surface area contributed by atoms with Crippen LogP contribution in [0, 0.1) is 0 Å². The predicted molar refractivity (Wildman–Crippen MR) is 124 cm³/mol. The zero-order valence-electron chi connectivity index (χ0n) is 19.7. The van der Waals surface area contributed by atoms with E-state index in [1.807, 2.05) is 44.6 Å². The monoisotopic (exact) mass is 445 g/mol. The van der Waals surface area contributed by atoms with E-state index in [2.05, 4.69) is 21.8 Å². The summed E-state index contributed by atoms with van der Waals surface area (Å²) in [5.41, 5.74) is 1.37. The summed E-state index contributed by atoms with van der Waals surface area (Å²) >= 11 is 0. The Morgan fingerprint density at radius 2 is 2.12 bits per heavy atom. The van der Waals surface area contributed by atoms with Crippen LogP contribution in [0.4, 0.5) is 10.6 Å². The Labute approximate surface area is 189 Å². The molecule has 176 valence electrons. The van der Waals surface area contributed by atoms with E-state index in [9.17, 15) is 9.59 Å². The third-order valence-electron chi connectivity index (χ3n) is 5.57. The van der Waals surface area contributed by atoms with Crippen LogP contribution < -0.4 is 10.6 Å². The summed E-state index contributed by atoms with van der Waals surface area (Å²) in [5, 5.41) is 12.0. The first-order chi connectivity index (χ1) is 15.2. The van der Waals surface area contributed by atoms with Gasteiger partial charge in [-0.25, -0.2) is 4.79 Å². The van der Waals surface area contributed by atoms with Crippen LogP contribution in [-0.4, -0.2) is 71.2 Å². The van der Waals surface area contributed by atoms with Gasteiger partial charge in [-0.3, -0.25) is 9.48 Å². The highest BCUT2D eigenvalue weighted by Crippen LogP contribution is 2.27. The lowest BCUT2D eigenvalue weighted by Crippen LogP contribution is -2.53. The number of carbonyl (C=O) groups is 2. The fourth-order valence-electron chi connectivity index (χ4n) is 4.00. The van der Waals surface area contributed by atoms with Gasteiger partial charge in [0.2, 0.25) is 0 Å². The first kappa shape index (κ1) is 23.8. The summed E-state index contributed by atoms with van der Waals surface area (Å²) in [4.78, 5) is 26.1. The smallest absolute Gasteiger partial charge is 0.410 e. The Morgan fingerprint density at radius 1 is 1.34 bits per heavy atom. The zero-order chi connectivity index (χ0) is 23.3. The van der Waals surface area contributed by atoms with Crippen LogP contribution in [0.25, 0.3) is 10.9 Å². The minimum atomic E-state index is -0.658. The van der Waals surface area contributed by atoms with E-state index >= 15 is 0 Å². The van der Waals surface area contributed by atoms with E-state index in [4.69, 9.17) is 9.47 Å². The van der Waals surface area contributed by atoms with Gasteiger partial charge < -0.3 is 25.0 Å². The van der Waals surface area contributed by atoms with Gasteiger partial charge in [-0.2, -0.15) is 5.10 Å². The Morgan fingerprint density at radius 3 is 2.84 bits per heavy atom. The van der Waals surface area contributed by atoms with Crippen LogP contribution in [-0.2, 0) is 27.7 Å². The molecule has 1 fully saturated rings. The van der Waals surface area contributed by atoms with Gasteiger partial charge in [0, 0.05) is 51.1 Å². The maximum absolute atomic E-state index is 12.7. The third kappa shape index (κ3) is 5.91. The number of aromatic nitrogens is 2. The number of aryl methyl sites for hydroxylation is 1. The molecule has 0 bridgehead atoms. The van der Waals surface area contributed by atoms with Crippen LogP contribution in [0.3, 0.4) is 0 Å². The average Bonchev–Trinajstić information content (AvgIpc) is 3.02. The van der Waals surface area contributed by atoms with E-state index < -0.39 is 5.60 Å². The van der Waals surface area contributed by atoms with Crippen molar-refractivity contribution in [1.29, 1.82) is 0 Å². The molecule has 2 aromatic rings. The Balaban J connectivity index is 1.68. The number of benzene rings is 1. The Kier molecular flexibility index (Phi) is 7.60. The Hall–Kier alpha value is -2.81. The number of amides is 1. The fraction of sp³-hybridized carbons (Fsp3) is 0.609. The number of hydrogen-bond donors (Lipinski definition) is 2. The molecular formula is C23H35N5O4. The highest BCUT2D eigenvalue weighted by Gasteiger charge is 2.30. The van der Waals surface area contributed by atoms with E-state index in [1.54, 1.807) is 11.8 Å². The fourth-order valence-corrected chi connectivity index (χ4v) is 4.00. The average molecular weight is 446 g/mol. The number of piperazine rings is 1. The molecule has 9 heteroatoms. The van der Waals surface area contributed by atoms with Crippen molar-refractivity contribution in [2.24, 2.45) is 7.05 Å². The molecule has 1 saturated heterocycles. The van der Waals surface area contributed by atoms with E-state index in [0.717, 1.165) is 35.4 Å². The molecule has 1 atom stereocenters. The van der Waals surface area contributed by atoms with Gasteiger partial charge in [-0.15, -0.1) is 0 Å². The molecular weight excluding hydrogens is 410 g/mol. The number of ether oxygens (including phenoxy) is 2. The lowest BCUT2D eigenvalue weighted by molar-refractivity contribution is -0.142. The second-order valence-corrected chi connectivity index (χ2v) is 8.86. The van der Waals surface area contributed by atoms with Gasteiger partial charge in [0.25, 0.3) is 0 Å². The predicted octanol–water partition coefficient (Wildman–Crippen LogP) is 2.69. The molecule has 0 aliphatic carbocycles. The Bertz CT molecular complexity index is 955. The number of carbonyl (C=O) groups excluding carboxylic acids is 2. The molecule has 0 radical (unpaired) electrons. The molecule has 3 rings (SSSR count). The van der Waals surface area contributed by atoms with Gasteiger partial charge in [0.1, 0.15) is 5.60 Å². The van der Waals surface area contributed by atoms with Crippen LogP contribution in [0.2, 0.25) is 0 Å². The minimum absolute atomic E-state index is 0.113. The number of esters is 1. The lowest BCUT2D eigenvalue weighted by atomic mass is 9.97. The van der Waals surface area contributed by atoms with Gasteiger partial charge in [0.05, 0.1) is 18.5 Å². The van der Waals surface area contributed by atoms with Gasteiger partial charge in [0.15, 0.2) is 5.82 Å². The molecule has 2 N–H and O–H groups in total. The maximum Gasteiger partial charge on any atom is 0.410 e. The highest BCUT2D eigenvalue weighted by molar-refractivity contribution is 5.91. The molecule has 1 aliphatic rings. The summed E-state index contributed by atoms with van der Waals surface area (Å²) in [6, 6.07) is 6.24. The summed E-state index contributed by atoms with van der Waals surface area (Å²) < 4.78 is 12.7. The van der Waals surface area contributed by atoms with Crippen molar-refractivity contribution in [3.8, 4) is 0 Å². The summed E-state index contributed by atoms with van der Waals surface area (Å²) in [7, 11) is 1.89. The molecule has 2 heterocycles. The standard InChI is InChI=1S/C23H35N5O4/c1-6-31-20(29)9-10-25-21-18-13-17(7-8-19(18)27(5)26-21)14-23(3,4)32-22(30)28-12-11-24-15-16(28)2/h7-8,13,16,24H,6,9-12,14-15H2,1-5H3,(H,25,26). The number of fused-ring (bicyclic) bond motifs is 1. The van der Waals surface area contributed by atoms with Crippen LogP contribution in [0.15, 0.2) is 18.2 Å². The van der Waals surface area contributed by atoms with Gasteiger partial charge in [-0.05, 0) is 45.4 Å². The van der Waals surface area contributed by atoms with Crippen molar-refractivity contribution in [3.63, 3.8) is 0 Å². The minimum Gasteiger partial charge on any atom is -0.466 e. The van der Waals surface area contributed by atoms with Crippen molar-refractivity contribution < 1.29 is 19.1 Å². The number of anilines is 1. The third-order valence-corrected chi connectivity index (χ3v) is 5.57. The van der Waals surface area contributed by atoms with Gasteiger partial charge >= 0.3 is 12.1 Å². The number of nitrogens with zero attached hydrogens (tertiary/aromatic N) is 3. The number of nitrogens with one attached hydrogen (secondary N) is 2. The first-order valence-corrected chi connectivity index (χ1v) is 11.3. The van der Waals surface area contributed by atoms with Crippen LogP contribution in [0.1, 0.15) is 39.7 Å². The number of rotatable bonds is 8. The first-order valence-electron chi connectivity index (χ1n) is 11.3. The summed E-state index contributed by atoms with van der Waals surface area (Å²) in [6.45, 7) is 10.7. The molecule has 1 aliphatic heterocycles. The molecule has 32 heavy (non-hydrogen) atoms. The van der Waals surface area contributed by atoms with Crippen molar-refractivity contribution in [1.82, 2.24) is 20.0 Å². The molecule has 1 unspecified atom stereocenters. The van der Waals surface area contributed by atoms with Crippen LogP contribution in [0.5, 0.6) is 0 Å². The number of hydrogen-bond acceptors (Lipinski definition) is 7. The topological polar surface area (TPSA) is 97.7 Å². The largest absolute Gasteiger partial charge is 0.466 e. The summed E-state index contributed by atoms with van der Waals surface area (Å²) in [6.07, 6.45) is 0.582. The SMILES string of the molecule is CCOC(=O)CCNc1nn(C)c2ccc(CC(C)(C)OC(=O)N3CCNCC3C)cc12. The molecule has 9 nitrogen and oxygen atoms in total. The molecule has 1 aromatic heterocycles. The van der Waals surface area contributed by atoms with Gasteiger partial charge in [-0.1, -0.05) is 6.07 Å². The van der Waals surface area contributed by atoms with E-state index in [1.165, 1.54) is 0 Å². The maximum atomic E-state index is 12.7. The van der Waals surface area contributed by atoms with Crippen molar-refractivity contribution in [2.45, 2.75) is 52.2 Å². The van der Waals surface area contributed by atoms with E-state index in [-0.39, 0.29) is 24.5 Å². The molecule has 1 amide bonds. The normalized spacial score (nSPS) is 16.8. The van der Waals surface area contributed by atoms with Crippen molar-refractivity contribution in [2.75, 3.05) is 38.1 Å². The molecule has 1 aromatic carbocycles. The lowest BCUT2D eigenvalue weighted by Gasteiger charge is -2.36. The quantitative estimate of drug-likeness (QED) is 0.603. The molecule has 0 spiro atoms. The van der Waals surface area contributed by atoms with E-state index in [0.29, 0.717) is 26.1 Å². The second kappa shape index (κ2) is 10.2. The summed E-state index contributed by atoms with van der Waals surface area (Å²) in [5.74, 6) is 0.487. The molecule has 0 saturated carbocycles. The van der Waals surface area contributed by atoms with Crippen molar-refractivity contribution >= 4 is 28.8 Å². The second-order valence-electron chi connectivity index (χ2n) is 8.86. The van der Waals surface area contributed by atoms with Crippen molar-refractivity contribution in [3.05, 3.63) is 23.8 Å².